The van der Waals surface area contributed by atoms with E-state index in [0.717, 1.165) is 11.8 Å². The Labute approximate surface area is 184 Å². The van der Waals surface area contributed by atoms with E-state index in [1.54, 1.807) is 7.05 Å². The Morgan fingerprint density at radius 3 is 2.90 bits per heavy atom. The smallest absolute Gasteiger partial charge is 0.352 e. The van der Waals surface area contributed by atoms with Gasteiger partial charge in [0.25, 0.3) is 5.91 Å². The van der Waals surface area contributed by atoms with Gasteiger partial charge in [0.2, 0.25) is 11.1 Å². The standard InChI is InChI=1S/C15H20N6O6S3/c1-20-14(17-18-19-20)30-13(27-2)15(16-9(23)7-28-6-4-22)11(26)21-8(10(24)25)3-5-29-12(15)21/h3,12-13,22H,4-7H2,1-2H3,(H,16,23)(H,24,25)/t12-,13+,15+/m0/s1. The quantitative estimate of drug-likeness (QED) is 0.159. The topological polar surface area (TPSA) is 160 Å². The van der Waals surface area contributed by atoms with Crippen LogP contribution in [0.3, 0.4) is 0 Å². The lowest BCUT2D eigenvalue weighted by Crippen LogP contribution is -2.83. The van der Waals surface area contributed by atoms with Gasteiger partial charge in [-0.2, -0.15) is 0 Å². The number of carbonyl (C=O) groups excluding carboxylic acids is 2. The number of aromatic nitrogens is 4. The summed E-state index contributed by atoms with van der Waals surface area (Å²) in [6, 6.07) is 0. The molecular formula is C15H20N6O6S3. The average Bonchev–Trinajstić information content (AvgIpc) is 3.14. The number of β-lactam (4-membered cyclic amide) rings is 1. The third-order valence-electron chi connectivity index (χ3n) is 4.40. The van der Waals surface area contributed by atoms with Crippen molar-refractivity contribution >= 4 is 53.1 Å². The first-order valence-electron chi connectivity index (χ1n) is 8.67. The van der Waals surface area contributed by atoms with E-state index in [1.807, 2.05) is 0 Å². The first kappa shape index (κ1) is 22.9. The van der Waals surface area contributed by atoms with E-state index in [0.29, 0.717) is 16.7 Å². The fraction of sp³-hybridized carbons (Fsp3) is 0.600. The number of carbonyl (C=O) groups is 3. The molecule has 164 valence electrons. The van der Waals surface area contributed by atoms with Gasteiger partial charge in [-0.3, -0.25) is 14.5 Å². The third-order valence-corrected chi connectivity index (χ3v) is 7.93. The van der Waals surface area contributed by atoms with Gasteiger partial charge in [0.05, 0.1) is 12.4 Å². The van der Waals surface area contributed by atoms with Crippen molar-refractivity contribution in [2.75, 3.05) is 31.0 Å². The summed E-state index contributed by atoms with van der Waals surface area (Å²) in [5.74, 6) is -1.46. The van der Waals surface area contributed by atoms with Gasteiger partial charge in [0, 0.05) is 25.7 Å². The minimum Gasteiger partial charge on any atom is -0.477 e. The Kier molecular flexibility index (Phi) is 7.28. The monoisotopic (exact) mass is 476 g/mol. The van der Waals surface area contributed by atoms with Crippen LogP contribution in [-0.4, -0.2) is 100 Å². The van der Waals surface area contributed by atoms with E-state index in [2.05, 4.69) is 20.8 Å². The molecule has 1 saturated heterocycles. The van der Waals surface area contributed by atoms with E-state index in [4.69, 9.17) is 9.84 Å². The molecule has 2 amide bonds. The second-order valence-electron chi connectivity index (χ2n) is 6.22. The number of hydrogen-bond acceptors (Lipinski definition) is 11. The molecule has 30 heavy (non-hydrogen) atoms. The molecule has 0 radical (unpaired) electrons. The predicted molar refractivity (Wildman–Crippen MR) is 110 cm³/mol. The highest BCUT2D eigenvalue weighted by Gasteiger charge is 2.69. The molecule has 3 atom stereocenters. The maximum atomic E-state index is 13.3. The summed E-state index contributed by atoms with van der Waals surface area (Å²) in [6.45, 7) is -0.0727. The number of rotatable bonds is 10. The number of aryl methyl sites for hydroxylation is 1. The summed E-state index contributed by atoms with van der Waals surface area (Å²) in [7, 11) is 3.02. The van der Waals surface area contributed by atoms with Crippen molar-refractivity contribution in [2.24, 2.45) is 7.05 Å². The van der Waals surface area contributed by atoms with Crippen LogP contribution in [-0.2, 0) is 26.2 Å². The number of amides is 2. The summed E-state index contributed by atoms with van der Waals surface area (Å²) in [5.41, 5.74) is -2.55. The number of aliphatic hydroxyl groups excluding tert-OH is 1. The van der Waals surface area contributed by atoms with Crippen LogP contribution in [0.25, 0.3) is 0 Å². The number of ether oxygens (including phenoxy) is 1. The third kappa shape index (κ3) is 4.03. The lowest BCUT2D eigenvalue weighted by molar-refractivity contribution is -0.164. The number of carboxylic acids is 1. The Hall–Kier alpha value is -1.81. The molecule has 3 N–H and O–H groups in total. The minimum absolute atomic E-state index is 0.0290. The van der Waals surface area contributed by atoms with Crippen LogP contribution in [0.1, 0.15) is 0 Å². The molecule has 0 saturated carbocycles. The molecule has 0 unspecified atom stereocenters. The highest BCUT2D eigenvalue weighted by molar-refractivity contribution is 8.01. The molecule has 12 nitrogen and oxygen atoms in total. The zero-order valence-electron chi connectivity index (χ0n) is 16.0. The minimum atomic E-state index is -1.51. The summed E-state index contributed by atoms with van der Waals surface area (Å²) in [6.07, 6.45) is 1.46. The van der Waals surface area contributed by atoms with Gasteiger partial charge in [0.15, 0.2) is 5.54 Å². The van der Waals surface area contributed by atoms with Crippen molar-refractivity contribution < 1.29 is 29.3 Å². The van der Waals surface area contributed by atoms with Gasteiger partial charge >= 0.3 is 5.97 Å². The van der Waals surface area contributed by atoms with Crippen molar-refractivity contribution in [2.45, 2.75) is 21.5 Å². The molecule has 3 rings (SSSR count). The summed E-state index contributed by atoms with van der Waals surface area (Å²) >= 11 is 3.60. The predicted octanol–water partition coefficient (Wildman–Crippen LogP) is -1.26. The number of thioether (sulfide) groups is 3. The second-order valence-corrected chi connectivity index (χ2v) is 9.47. The number of aliphatic carboxylic acids is 1. The molecule has 1 fully saturated rings. The molecule has 2 aliphatic heterocycles. The van der Waals surface area contributed by atoms with Crippen LogP contribution in [0, 0.1) is 0 Å². The number of aliphatic hydroxyl groups is 1. The van der Waals surface area contributed by atoms with Crippen LogP contribution in [0.5, 0.6) is 0 Å². The van der Waals surface area contributed by atoms with Gasteiger partial charge in [-0.05, 0) is 28.3 Å². The van der Waals surface area contributed by atoms with E-state index in [9.17, 15) is 19.5 Å². The zero-order chi connectivity index (χ0) is 21.9. The molecule has 0 spiro atoms. The Morgan fingerprint density at radius 2 is 2.30 bits per heavy atom. The van der Waals surface area contributed by atoms with E-state index < -0.39 is 34.1 Å². The van der Waals surface area contributed by atoms with Gasteiger partial charge in [-0.15, -0.1) is 28.6 Å². The number of hydrogen-bond donors (Lipinski definition) is 3. The maximum Gasteiger partial charge on any atom is 0.352 e. The summed E-state index contributed by atoms with van der Waals surface area (Å²) in [5, 5.41) is 32.1. The van der Waals surface area contributed by atoms with Crippen molar-refractivity contribution in [1.82, 2.24) is 30.4 Å². The first-order chi connectivity index (χ1) is 14.4. The van der Waals surface area contributed by atoms with E-state index in [1.165, 1.54) is 46.3 Å². The van der Waals surface area contributed by atoms with E-state index >= 15 is 0 Å². The van der Waals surface area contributed by atoms with Crippen molar-refractivity contribution in [3.8, 4) is 0 Å². The average molecular weight is 477 g/mol. The molecule has 3 heterocycles. The molecule has 1 aromatic rings. The Morgan fingerprint density at radius 1 is 1.53 bits per heavy atom. The van der Waals surface area contributed by atoms with E-state index in [-0.39, 0.29) is 18.1 Å². The van der Waals surface area contributed by atoms with Gasteiger partial charge < -0.3 is 20.3 Å². The van der Waals surface area contributed by atoms with Gasteiger partial charge in [-0.1, -0.05) is 0 Å². The molecule has 15 heteroatoms. The summed E-state index contributed by atoms with van der Waals surface area (Å²) < 4.78 is 7.00. The van der Waals surface area contributed by atoms with Crippen LogP contribution in [0.4, 0.5) is 0 Å². The molecule has 0 bridgehead atoms. The first-order valence-corrected chi connectivity index (χ1v) is 11.7. The number of nitrogens with one attached hydrogen (secondary N) is 1. The number of fused-ring (bicyclic) bond motifs is 1. The SMILES string of the molecule is CO[C@H](Sc1nnnn1C)[C@@]1(NC(=O)CSCCO)C(=O)N2C(C(=O)O)=CCS[C@H]21. The van der Waals surface area contributed by atoms with Crippen molar-refractivity contribution in [3.05, 3.63) is 11.8 Å². The number of methoxy groups -OCH3 is 1. The highest BCUT2D eigenvalue weighted by Crippen LogP contribution is 2.49. The molecular weight excluding hydrogens is 456 g/mol. The van der Waals surface area contributed by atoms with Crippen LogP contribution in [0.2, 0.25) is 0 Å². The zero-order valence-corrected chi connectivity index (χ0v) is 18.5. The molecule has 0 aliphatic carbocycles. The fourth-order valence-electron chi connectivity index (χ4n) is 3.13. The van der Waals surface area contributed by atoms with Crippen molar-refractivity contribution in [3.63, 3.8) is 0 Å². The van der Waals surface area contributed by atoms with Gasteiger partial charge in [-0.25, -0.2) is 9.48 Å². The van der Waals surface area contributed by atoms with Crippen LogP contribution >= 0.6 is 35.3 Å². The second kappa shape index (κ2) is 9.55. The lowest BCUT2D eigenvalue weighted by Gasteiger charge is -2.58. The summed E-state index contributed by atoms with van der Waals surface area (Å²) in [4.78, 5) is 38.7. The van der Waals surface area contributed by atoms with Crippen molar-refractivity contribution in [1.29, 1.82) is 0 Å². The van der Waals surface area contributed by atoms with Gasteiger partial charge in [0.1, 0.15) is 16.5 Å². The molecule has 2 aliphatic rings. The molecule has 1 aromatic heterocycles. The van der Waals surface area contributed by atoms with Crippen LogP contribution in [0.15, 0.2) is 16.9 Å². The maximum absolute atomic E-state index is 13.3. The lowest BCUT2D eigenvalue weighted by atomic mass is 9.87. The highest BCUT2D eigenvalue weighted by atomic mass is 32.2. The number of tetrazole rings is 1. The molecule has 0 aromatic carbocycles. The largest absolute Gasteiger partial charge is 0.477 e. The Bertz CT molecular complexity index is 866. The Balaban J connectivity index is 1.92. The fourth-order valence-corrected chi connectivity index (χ4v) is 6.12. The van der Waals surface area contributed by atoms with Crippen LogP contribution < -0.4 is 5.32 Å². The number of carboxylic acid groups (broad SMARTS) is 1. The normalized spacial score (nSPS) is 24.0. The number of nitrogens with zero attached hydrogens (tertiary/aromatic N) is 5.